The number of hydrogen-bond acceptors (Lipinski definition) is 2. The lowest BCUT2D eigenvalue weighted by molar-refractivity contribution is -0.882. The zero-order valence-corrected chi connectivity index (χ0v) is 34.9. The van der Waals surface area contributed by atoms with Crippen molar-refractivity contribution in [2.45, 2.75) is 168 Å². The van der Waals surface area contributed by atoms with Crippen molar-refractivity contribution in [3.05, 3.63) is 0 Å². The van der Waals surface area contributed by atoms with Crippen molar-refractivity contribution in [3.63, 3.8) is 0 Å². The zero-order chi connectivity index (χ0) is 32.8. The number of carbonyl (C=O) groups excluding carboxylic acids is 2. The number of rotatable bonds is 33. The second kappa shape index (κ2) is 34.7. The van der Waals surface area contributed by atoms with Gasteiger partial charge in [-0.25, -0.2) is 0 Å². The summed E-state index contributed by atoms with van der Waals surface area (Å²) < 4.78 is 1.57. The quantitative estimate of drug-likeness (QED) is 0.0796. The minimum absolute atomic E-state index is 0. The molecule has 2 amide bonds. The molecule has 0 aliphatic rings. The Bertz CT molecular complexity index is 621. The van der Waals surface area contributed by atoms with Gasteiger partial charge in [0, 0.05) is 13.1 Å². The molecule has 0 unspecified atom stereocenters. The summed E-state index contributed by atoms with van der Waals surface area (Å²) in [5, 5.41) is 6.30. The predicted octanol–water partition coefficient (Wildman–Crippen LogP) is 2.78. The van der Waals surface area contributed by atoms with E-state index < -0.39 is 0 Å². The zero-order valence-electron chi connectivity index (χ0n) is 31.7. The van der Waals surface area contributed by atoms with Gasteiger partial charge in [0.2, 0.25) is 0 Å². The molecule has 0 aromatic carbocycles. The van der Waals surface area contributed by atoms with Gasteiger partial charge in [-0.1, -0.05) is 129 Å². The number of nitrogens with one attached hydrogen (secondary N) is 2. The maximum absolute atomic E-state index is 12.4. The van der Waals surface area contributed by atoms with Crippen LogP contribution >= 0.6 is 0 Å². The molecule has 0 rings (SSSR count). The van der Waals surface area contributed by atoms with E-state index in [4.69, 9.17) is 0 Å². The summed E-state index contributed by atoms with van der Waals surface area (Å²) in [7, 11) is 8.77. The monoisotopic (exact) mass is 782 g/mol. The Morgan fingerprint density at radius 1 is 0.391 bits per heavy atom. The van der Waals surface area contributed by atoms with Crippen LogP contribution in [0.3, 0.4) is 0 Å². The molecule has 278 valence electrons. The van der Waals surface area contributed by atoms with Gasteiger partial charge in [-0.05, 0) is 38.5 Å². The molecular formula is C38H80Br2N4O2. The number of likely N-dealkylation sites (N-methyl/N-ethyl adjacent to an activating group) is 2. The molecule has 0 fully saturated rings. The topological polar surface area (TPSA) is 58.2 Å². The first kappa shape index (κ1) is 50.2. The molecule has 0 saturated carbocycles. The number of nitrogens with zero attached hydrogens (tertiary/aromatic N) is 2. The van der Waals surface area contributed by atoms with Crippen LogP contribution in [0, 0.1) is 0 Å². The van der Waals surface area contributed by atoms with E-state index in [-0.39, 0.29) is 45.8 Å². The van der Waals surface area contributed by atoms with E-state index in [1.54, 1.807) is 0 Å². The largest absolute Gasteiger partial charge is 1.00 e. The highest BCUT2D eigenvalue weighted by atomic mass is 79.9. The molecule has 8 heteroatoms. The second-order valence-electron chi connectivity index (χ2n) is 15.1. The van der Waals surface area contributed by atoms with E-state index in [1.807, 2.05) is 0 Å². The van der Waals surface area contributed by atoms with Crippen LogP contribution in [0.4, 0.5) is 0 Å². The molecule has 0 aromatic heterocycles. The van der Waals surface area contributed by atoms with Crippen LogP contribution in [0.2, 0.25) is 0 Å². The summed E-state index contributed by atoms with van der Waals surface area (Å²) in [6.45, 7) is 9.52. The van der Waals surface area contributed by atoms with Gasteiger partial charge in [0.25, 0.3) is 11.8 Å². The van der Waals surface area contributed by atoms with Crippen molar-refractivity contribution in [2.75, 3.05) is 67.5 Å². The van der Waals surface area contributed by atoms with Crippen molar-refractivity contribution in [2.24, 2.45) is 0 Å². The van der Waals surface area contributed by atoms with E-state index >= 15 is 0 Å². The molecule has 6 nitrogen and oxygen atoms in total. The molecule has 0 bridgehead atoms. The molecule has 0 aliphatic heterocycles. The summed E-state index contributed by atoms with van der Waals surface area (Å²) in [6.07, 6.45) is 31.0. The van der Waals surface area contributed by atoms with E-state index in [1.165, 1.54) is 141 Å². The maximum atomic E-state index is 12.4. The molecule has 0 heterocycles. The van der Waals surface area contributed by atoms with Crippen LogP contribution in [0.15, 0.2) is 0 Å². The SMILES string of the molecule is CCCCCCCCCCNC(=O)C[N+](C)(C)CCCCCCCCCC[N+](C)(C)CC(=O)NCCCCCCCCCC.[Br-].[Br-]. The maximum Gasteiger partial charge on any atom is 0.275 e. The number of quaternary nitrogens is 2. The standard InChI is InChI=1S/C38H78N4O2.2BrH/c1-7-9-11-13-15-19-23-27-31-39-37(43)35-41(3,4)33-29-25-21-17-18-22-26-30-34-42(5,6)36-38(44)40-32-28-24-20-16-14-12-10-8-2;;/h7-36H2,1-6H3;2*1H. The van der Waals surface area contributed by atoms with Crippen LogP contribution in [-0.2, 0) is 9.59 Å². The van der Waals surface area contributed by atoms with E-state index in [2.05, 4.69) is 52.7 Å². The van der Waals surface area contributed by atoms with Crippen LogP contribution in [-0.4, -0.2) is 88.2 Å². The summed E-state index contributed by atoms with van der Waals surface area (Å²) in [5.74, 6) is 0.415. The van der Waals surface area contributed by atoms with E-state index in [0.29, 0.717) is 13.1 Å². The summed E-state index contributed by atoms with van der Waals surface area (Å²) in [5.41, 5.74) is 0. The van der Waals surface area contributed by atoms with Crippen molar-refractivity contribution in [1.29, 1.82) is 0 Å². The van der Waals surface area contributed by atoms with Gasteiger partial charge in [0.1, 0.15) is 0 Å². The highest BCUT2D eigenvalue weighted by molar-refractivity contribution is 5.77. The summed E-state index contributed by atoms with van der Waals surface area (Å²) in [6, 6.07) is 0. The van der Waals surface area contributed by atoms with Gasteiger partial charge in [0.05, 0.1) is 41.3 Å². The van der Waals surface area contributed by atoms with Crippen LogP contribution in [0.5, 0.6) is 0 Å². The number of amides is 2. The Morgan fingerprint density at radius 2 is 0.630 bits per heavy atom. The average Bonchev–Trinajstić information content (AvgIpc) is 2.95. The third-order valence-electron chi connectivity index (χ3n) is 9.13. The van der Waals surface area contributed by atoms with Gasteiger partial charge in [-0.3, -0.25) is 9.59 Å². The fourth-order valence-corrected chi connectivity index (χ4v) is 6.16. The number of unbranched alkanes of at least 4 members (excludes halogenated alkanes) is 21. The molecule has 0 radical (unpaired) electrons. The molecule has 0 spiro atoms. The molecule has 0 saturated heterocycles. The lowest BCUT2D eigenvalue weighted by Crippen LogP contribution is -3.00. The van der Waals surface area contributed by atoms with Gasteiger partial charge in [0.15, 0.2) is 13.1 Å². The Labute approximate surface area is 309 Å². The minimum atomic E-state index is 0. The van der Waals surface area contributed by atoms with Gasteiger partial charge < -0.3 is 53.6 Å². The van der Waals surface area contributed by atoms with Crippen LogP contribution < -0.4 is 44.6 Å². The first-order valence-corrected chi connectivity index (χ1v) is 19.3. The first-order valence-electron chi connectivity index (χ1n) is 19.3. The summed E-state index contributed by atoms with van der Waals surface area (Å²) >= 11 is 0. The number of carbonyl (C=O) groups is 2. The molecule has 46 heavy (non-hydrogen) atoms. The van der Waals surface area contributed by atoms with Gasteiger partial charge in [-0.2, -0.15) is 0 Å². The molecule has 0 aliphatic carbocycles. The highest BCUT2D eigenvalue weighted by Crippen LogP contribution is 2.12. The van der Waals surface area contributed by atoms with Crippen molar-refractivity contribution in [1.82, 2.24) is 10.6 Å². The Balaban J connectivity index is -0.00000924. The molecule has 0 atom stereocenters. The highest BCUT2D eigenvalue weighted by Gasteiger charge is 2.20. The Kier molecular flexibility index (Phi) is 37.8. The lowest BCUT2D eigenvalue weighted by Gasteiger charge is -2.29. The third-order valence-corrected chi connectivity index (χ3v) is 9.13. The minimum Gasteiger partial charge on any atom is -1.00 e. The predicted molar refractivity (Wildman–Crippen MR) is 192 cm³/mol. The Hall–Kier alpha value is -0.180. The number of halogens is 2. The molecule has 0 aromatic rings. The fourth-order valence-electron chi connectivity index (χ4n) is 6.16. The first-order chi connectivity index (χ1) is 21.1. The van der Waals surface area contributed by atoms with E-state index in [9.17, 15) is 9.59 Å². The van der Waals surface area contributed by atoms with Crippen molar-refractivity contribution in [3.8, 4) is 0 Å². The van der Waals surface area contributed by atoms with Crippen molar-refractivity contribution < 1.29 is 52.5 Å². The Morgan fingerprint density at radius 3 is 0.913 bits per heavy atom. The average molecular weight is 785 g/mol. The fraction of sp³-hybridized carbons (Fsp3) is 0.947. The number of hydrogen-bond donors (Lipinski definition) is 2. The lowest BCUT2D eigenvalue weighted by atomic mass is 10.1. The van der Waals surface area contributed by atoms with Gasteiger partial charge >= 0.3 is 0 Å². The second-order valence-corrected chi connectivity index (χ2v) is 15.1. The van der Waals surface area contributed by atoms with Gasteiger partial charge in [-0.15, -0.1) is 0 Å². The van der Waals surface area contributed by atoms with Crippen molar-refractivity contribution >= 4 is 11.8 Å². The third kappa shape index (κ3) is 36.7. The van der Waals surface area contributed by atoms with E-state index in [0.717, 1.165) is 48.0 Å². The van der Waals surface area contributed by atoms with Crippen LogP contribution in [0.1, 0.15) is 168 Å². The summed E-state index contributed by atoms with van der Waals surface area (Å²) in [4.78, 5) is 24.8. The normalized spacial score (nSPS) is 11.5. The molecule has 2 N–H and O–H groups in total. The van der Waals surface area contributed by atoms with Crippen LogP contribution in [0.25, 0.3) is 0 Å². The smallest absolute Gasteiger partial charge is 0.275 e. The molecular weight excluding hydrogens is 704 g/mol.